The molecule has 0 heterocycles. The number of hydrogen-bond donors (Lipinski definition) is 2. The third-order valence-electron chi connectivity index (χ3n) is 6.82. The van der Waals surface area contributed by atoms with Crippen LogP contribution in [0.4, 0.5) is 0 Å². The summed E-state index contributed by atoms with van der Waals surface area (Å²) in [6.07, 6.45) is 1.77. The zero-order valence-electron chi connectivity index (χ0n) is 22.1. The van der Waals surface area contributed by atoms with Gasteiger partial charge < -0.3 is 10.2 Å². The first-order valence-electron chi connectivity index (χ1n) is 12.7. The molecular weight excluding hydrogens is 456 g/mol. The van der Waals surface area contributed by atoms with Gasteiger partial charge in [-0.15, -0.1) is 0 Å². The predicted octanol–water partition coefficient (Wildman–Crippen LogP) is 7.40. The third-order valence-corrected chi connectivity index (χ3v) is 6.82. The zero-order chi connectivity index (χ0) is 26.4. The SMILES string of the molecule is CN(Cc1cccc(-c2ccccc2)c1O)[C@H](CN=Cc1cccc(-c2ccccc2)c1O)C(C)(C)C. The summed E-state index contributed by atoms with van der Waals surface area (Å²) in [6.45, 7) is 7.78. The van der Waals surface area contributed by atoms with Crippen molar-refractivity contribution in [3.05, 3.63) is 108 Å². The Morgan fingerprint density at radius 3 is 1.84 bits per heavy atom. The van der Waals surface area contributed by atoms with E-state index in [1.807, 2.05) is 97.1 Å². The van der Waals surface area contributed by atoms with Crippen molar-refractivity contribution in [3.8, 4) is 33.8 Å². The van der Waals surface area contributed by atoms with Gasteiger partial charge in [-0.1, -0.05) is 112 Å². The molecule has 0 unspecified atom stereocenters. The van der Waals surface area contributed by atoms with E-state index in [-0.39, 0.29) is 17.2 Å². The smallest absolute Gasteiger partial charge is 0.132 e. The van der Waals surface area contributed by atoms with Crippen LogP contribution in [0.3, 0.4) is 0 Å². The average molecular weight is 493 g/mol. The molecular formula is C33H36N2O2. The third kappa shape index (κ3) is 6.28. The summed E-state index contributed by atoms with van der Waals surface area (Å²) in [5.41, 5.74) is 5.14. The molecule has 0 saturated carbocycles. The lowest BCUT2D eigenvalue weighted by Crippen LogP contribution is -2.43. The Kier molecular flexibility index (Phi) is 8.10. The molecule has 4 heteroatoms. The van der Waals surface area contributed by atoms with Crippen LogP contribution >= 0.6 is 0 Å². The fraction of sp³-hybridized carbons (Fsp3) is 0.242. The van der Waals surface area contributed by atoms with Crippen LogP contribution in [0.5, 0.6) is 11.5 Å². The molecule has 4 rings (SSSR count). The van der Waals surface area contributed by atoms with Gasteiger partial charge in [0.1, 0.15) is 11.5 Å². The molecule has 0 aliphatic heterocycles. The van der Waals surface area contributed by atoms with Crippen molar-refractivity contribution in [2.24, 2.45) is 10.4 Å². The first-order chi connectivity index (χ1) is 17.8. The molecule has 0 saturated heterocycles. The van der Waals surface area contributed by atoms with E-state index in [1.54, 1.807) is 6.21 Å². The van der Waals surface area contributed by atoms with E-state index in [9.17, 15) is 10.2 Å². The normalized spacial score (nSPS) is 12.8. The van der Waals surface area contributed by atoms with Crippen molar-refractivity contribution in [1.82, 2.24) is 4.90 Å². The zero-order valence-corrected chi connectivity index (χ0v) is 22.1. The summed E-state index contributed by atoms with van der Waals surface area (Å²) in [5, 5.41) is 22.0. The van der Waals surface area contributed by atoms with E-state index in [0.717, 1.165) is 27.8 Å². The van der Waals surface area contributed by atoms with Crippen molar-refractivity contribution in [1.29, 1.82) is 0 Å². The molecule has 1 atom stereocenters. The number of aliphatic imine (C=N–C) groups is 1. The molecule has 0 aromatic heterocycles. The molecule has 4 aromatic rings. The number of rotatable bonds is 8. The minimum atomic E-state index is -0.0489. The van der Waals surface area contributed by atoms with E-state index in [1.165, 1.54) is 0 Å². The first-order valence-corrected chi connectivity index (χ1v) is 12.7. The number of hydrogen-bond acceptors (Lipinski definition) is 4. The molecule has 190 valence electrons. The van der Waals surface area contributed by atoms with Gasteiger partial charge in [0.15, 0.2) is 0 Å². The van der Waals surface area contributed by atoms with Crippen LogP contribution in [-0.2, 0) is 6.54 Å². The summed E-state index contributed by atoms with van der Waals surface area (Å²) in [7, 11) is 2.08. The number of para-hydroxylation sites is 2. The van der Waals surface area contributed by atoms with Crippen molar-refractivity contribution in [2.75, 3.05) is 13.6 Å². The first kappa shape index (κ1) is 26.2. The lowest BCUT2D eigenvalue weighted by atomic mass is 9.85. The fourth-order valence-corrected chi connectivity index (χ4v) is 4.79. The van der Waals surface area contributed by atoms with Crippen LogP contribution in [0.25, 0.3) is 22.3 Å². The van der Waals surface area contributed by atoms with Gasteiger partial charge in [-0.05, 0) is 29.7 Å². The monoisotopic (exact) mass is 492 g/mol. The van der Waals surface area contributed by atoms with E-state index >= 15 is 0 Å². The summed E-state index contributed by atoms with van der Waals surface area (Å²) < 4.78 is 0. The van der Waals surface area contributed by atoms with Gasteiger partial charge in [0.2, 0.25) is 0 Å². The van der Waals surface area contributed by atoms with Crippen LogP contribution in [0, 0.1) is 5.41 Å². The minimum absolute atomic E-state index is 0.0489. The average Bonchev–Trinajstić information content (AvgIpc) is 2.89. The van der Waals surface area contributed by atoms with Crippen LogP contribution in [0.15, 0.2) is 102 Å². The number of nitrogens with zero attached hydrogens (tertiary/aromatic N) is 2. The molecule has 0 radical (unpaired) electrons. The fourth-order valence-electron chi connectivity index (χ4n) is 4.79. The van der Waals surface area contributed by atoms with Crippen LogP contribution < -0.4 is 0 Å². The van der Waals surface area contributed by atoms with Crippen molar-refractivity contribution < 1.29 is 10.2 Å². The number of aromatic hydroxyl groups is 2. The number of likely N-dealkylation sites (N-methyl/N-ethyl adjacent to an activating group) is 1. The van der Waals surface area contributed by atoms with Gasteiger partial charge in [0.05, 0.1) is 6.54 Å². The second-order valence-electron chi connectivity index (χ2n) is 10.6. The largest absolute Gasteiger partial charge is 0.507 e. The maximum atomic E-state index is 11.1. The quantitative estimate of drug-likeness (QED) is 0.252. The van der Waals surface area contributed by atoms with E-state index < -0.39 is 0 Å². The van der Waals surface area contributed by atoms with Gasteiger partial charge in [-0.3, -0.25) is 9.89 Å². The molecule has 2 N–H and O–H groups in total. The molecule has 0 aliphatic carbocycles. The van der Waals surface area contributed by atoms with Gasteiger partial charge >= 0.3 is 0 Å². The molecule has 0 amide bonds. The maximum absolute atomic E-state index is 11.1. The molecule has 0 bridgehead atoms. The van der Waals surface area contributed by atoms with Crippen LogP contribution in [0.2, 0.25) is 0 Å². The minimum Gasteiger partial charge on any atom is -0.507 e. The van der Waals surface area contributed by atoms with E-state index in [2.05, 4.69) is 32.7 Å². The number of phenolic OH excluding ortho intramolecular Hbond substituents is 2. The molecule has 0 spiro atoms. The Morgan fingerprint density at radius 2 is 1.27 bits per heavy atom. The summed E-state index contributed by atoms with van der Waals surface area (Å²) in [4.78, 5) is 7.02. The maximum Gasteiger partial charge on any atom is 0.132 e. The van der Waals surface area contributed by atoms with Gasteiger partial charge in [0.25, 0.3) is 0 Å². The lowest BCUT2D eigenvalue weighted by molar-refractivity contribution is 0.125. The highest BCUT2D eigenvalue weighted by molar-refractivity contribution is 5.88. The number of phenols is 2. The number of benzene rings is 4. The van der Waals surface area contributed by atoms with Crippen molar-refractivity contribution in [2.45, 2.75) is 33.4 Å². The van der Waals surface area contributed by atoms with Gasteiger partial charge in [0, 0.05) is 41.1 Å². The predicted molar refractivity (Wildman–Crippen MR) is 154 cm³/mol. The van der Waals surface area contributed by atoms with E-state index in [0.29, 0.717) is 24.4 Å². The molecule has 0 aliphatic rings. The topological polar surface area (TPSA) is 56.1 Å². The van der Waals surface area contributed by atoms with Crippen molar-refractivity contribution >= 4 is 6.21 Å². The summed E-state index contributed by atoms with van der Waals surface area (Å²) in [6, 6.07) is 31.6. The summed E-state index contributed by atoms with van der Waals surface area (Å²) in [5.74, 6) is 0.556. The van der Waals surface area contributed by atoms with Gasteiger partial charge in [-0.25, -0.2) is 0 Å². The second-order valence-corrected chi connectivity index (χ2v) is 10.6. The standard InChI is InChI=1S/C33H36N2O2/c1-33(2,3)30(22-34-21-26-17-11-19-28(31(26)36)24-13-7-5-8-14-24)35(4)23-27-18-12-20-29(32(27)37)25-15-9-6-10-16-25/h5-21,30,36-37H,22-23H2,1-4H3/t30-/m1/s1. The molecule has 4 aromatic carbocycles. The van der Waals surface area contributed by atoms with Crippen LogP contribution in [0.1, 0.15) is 31.9 Å². The second kappa shape index (κ2) is 11.4. The Morgan fingerprint density at radius 1 is 0.730 bits per heavy atom. The summed E-state index contributed by atoms with van der Waals surface area (Å²) >= 11 is 0. The molecule has 4 nitrogen and oxygen atoms in total. The molecule has 0 fully saturated rings. The lowest BCUT2D eigenvalue weighted by Gasteiger charge is -2.37. The Balaban J connectivity index is 1.53. The van der Waals surface area contributed by atoms with Crippen LogP contribution in [-0.4, -0.2) is 41.0 Å². The highest BCUT2D eigenvalue weighted by Gasteiger charge is 2.28. The Hall–Kier alpha value is -3.89. The molecule has 37 heavy (non-hydrogen) atoms. The Labute approximate surface area is 220 Å². The van der Waals surface area contributed by atoms with E-state index in [4.69, 9.17) is 4.99 Å². The van der Waals surface area contributed by atoms with Crippen molar-refractivity contribution in [3.63, 3.8) is 0 Å². The van der Waals surface area contributed by atoms with Gasteiger partial charge in [-0.2, -0.15) is 0 Å². The Bertz CT molecular complexity index is 1340. The highest BCUT2D eigenvalue weighted by Crippen LogP contribution is 2.34. The highest BCUT2D eigenvalue weighted by atomic mass is 16.3.